The highest BCUT2D eigenvalue weighted by molar-refractivity contribution is 5.79. The zero-order valence-corrected chi connectivity index (χ0v) is 15.0. The molecule has 1 unspecified atom stereocenters. The molecule has 0 aromatic heterocycles. The second-order valence-electron chi connectivity index (χ2n) is 7.44. The van der Waals surface area contributed by atoms with Gasteiger partial charge in [-0.25, -0.2) is 0 Å². The third kappa shape index (κ3) is 4.21. The average molecular weight is 344 g/mol. The van der Waals surface area contributed by atoms with E-state index in [1.807, 2.05) is 35.2 Å². The van der Waals surface area contributed by atoms with E-state index in [2.05, 4.69) is 0 Å². The number of carbonyl (C=O) groups is 2. The third-order valence-electron chi connectivity index (χ3n) is 5.59. The second kappa shape index (κ2) is 7.56. The molecule has 5 heteroatoms. The highest BCUT2D eigenvalue weighted by atomic mass is 16.3. The molecule has 3 rings (SSSR count). The lowest BCUT2D eigenvalue weighted by Gasteiger charge is -2.43. The quantitative estimate of drug-likeness (QED) is 0.916. The van der Waals surface area contributed by atoms with Crippen LogP contribution in [0.1, 0.15) is 57.1 Å². The van der Waals surface area contributed by atoms with Crippen molar-refractivity contribution < 1.29 is 14.7 Å². The van der Waals surface area contributed by atoms with Gasteiger partial charge in [-0.1, -0.05) is 49.6 Å². The Kier molecular flexibility index (Phi) is 5.42. The summed E-state index contributed by atoms with van der Waals surface area (Å²) < 4.78 is 0. The Morgan fingerprint density at radius 1 is 1.12 bits per heavy atom. The molecular weight excluding hydrogens is 316 g/mol. The van der Waals surface area contributed by atoms with Crippen molar-refractivity contribution in [2.75, 3.05) is 19.6 Å². The van der Waals surface area contributed by atoms with E-state index in [4.69, 9.17) is 0 Å². The Balaban J connectivity index is 1.77. The molecule has 2 fully saturated rings. The zero-order valence-electron chi connectivity index (χ0n) is 15.0. The number of amides is 2. The van der Waals surface area contributed by atoms with Gasteiger partial charge in [0, 0.05) is 26.6 Å². The molecule has 1 aromatic rings. The largest absolute Gasteiger partial charge is 0.389 e. The molecule has 1 heterocycles. The van der Waals surface area contributed by atoms with Gasteiger partial charge in [-0.15, -0.1) is 0 Å². The van der Waals surface area contributed by atoms with Crippen LogP contribution in [0.3, 0.4) is 0 Å². The van der Waals surface area contributed by atoms with E-state index in [1.54, 1.807) is 11.8 Å². The first-order valence-corrected chi connectivity index (χ1v) is 9.31. The van der Waals surface area contributed by atoms with Crippen LogP contribution in [0.2, 0.25) is 0 Å². The molecule has 5 nitrogen and oxygen atoms in total. The number of rotatable bonds is 3. The summed E-state index contributed by atoms with van der Waals surface area (Å²) in [5, 5.41) is 10.8. The second-order valence-corrected chi connectivity index (χ2v) is 7.44. The van der Waals surface area contributed by atoms with Gasteiger partial charge in [0.1, 0.15) is 0 Å². The number of aliphatic hydroxyl groups is 1. The van der Waals surface area contributed by atoms with Crippen LogP contribution >= 0.6 is 0 Å². The molecule has 1 aliphatic carbocycles. The molecule has 2 amide bonds. The Morgan fingerprint density at radius 3 is 2.44 bits per heavy atom. The molecule has 2 aliphatic rings. The van der Waals surface area contributed by atoms with Crippen molar-refractivity contribution in [1.82, 2.24) is 9.80 Å². The lowest BCUT2D eigenvalue weighted by molar-refractivity contribution is -0.147. The predicted molar refractivity (Wildman–Crippen MR) is 95.8 cm³/mol. The van der Waals surface area contributed by atoms with E-state index in [9.17, 15) is 14.7 Å². The Hall–Kier alpha value is -1.88. The van der Waals surface area contributed by atoms with Gasteiger partial charge in [0.25, 0.3) is 0 Å². The summed E-state index contributed by atoms with van der Waals surface area (Å²) in [4.78, 5) is 28.5. The van der Waals surface area contributed by atoms with Crippen LogP contribution in [-0.4, -0.2) is 52.0 Å². The van der Waals surface area contributed by atoms with Crippen LogP contribution in [0.15, 0.2) is 30.3 Å². The topological polar surface area (TPSA) is 60.9 Å². The van der Waals surface area contributed by atoms with E-state index in [-0.39, 0.29) is 24.3 Å². The summed E-state index contributed by atoms with van der Waals surface area (Å²) in [7, 11) is 0. The molecule has 1 saturated heterocycles. The SMILES string of the molecule is CC(=O)N1CCN(C(=O)CC2(O)CCCCC2)C(c2ccccc2)C1. The number of carbonyl (C=O) groups excluding carboxylic acids is 2. The smallest absolute Gasteiger partial charge is 0.226 e. The fourth-order valence-electron chi connectivity index (χ4n) is 4.10. The van der Waals surface area contributed by atoms with Crippen LogP contribution in [0.4, 0.5) is 0 Å². The average Bonchev–Trinajstić information content (AvgIpc) is 2.62. The van der Waals surface area contributed by atoms with Crippen LogP contribution < -0.4 is 0 Å². The van der Waals surface area contributed by atoms with Gasteiger partial charge in [-0.05, 0) is 18.4 Å². The summed E-state index contributed by atoms with van der Waals surface area (Å²) in [6, 6.07) is 9.73. The maximum Gasteiger partial charge on any atom is 0.226 e. The molecule has 0 radical (unpaired) electrons. The molecule has 1 aliphatic heterocycles. The lowest BCUT2D eigenvalue weighted by atomic mass is 9.82. The number of hydrogen-bond acceptors (Lipinski definition) is 3. The van der Waals surface area contributed by atoms with E-state index < -0.39 is 5.60 Å². The van der Waals surface area contributed by atoms with Crippen molar-refractivity contribution >= 4 is 11.8 Å². The monoisotopic (exact) mass is 344 g/mol. The van der Waals surface area contributed by atoms with Crippen molar-refractivity contribution in [3.05, 3.63) is 35.9 Å². The van der Waals surface area contributed by atoms with Crippen LogP contribution in [-0.2, 0) is 9.59 Å². The molecule has 1 saturated carbocycles. The van der Waals surface area contributed by atoms with Crippen LogP contribution in [0.25, 0.3) is 0 Å². The molecule has 1 N–H and O–H groups in total. The van der Waals surface area contributed by atoms with Gasteiger partial charge in [-0.3, -0.25) is 9.59 Å². The minimum atomic E-state index is -0.853. The first-order chi connectivity index (χ1) is 12.0. The Bertz CT molecular complexity index is 611. The normalized spacial score (nSPS) is 23.4. The van der Waals surface area contributed by atoms with E-state index in [1.165, 1.54) is 0 Å². The minimum Gasteiger partial charge on any atom is -0.389 e. The van der Waals surface area contributed by atoms with E-state index >= 15 is 0 Å². The van der Waals surface area contributed by atoms with E-state index in [0.717, 1.165) is 24.8 Å². The molecule has 0 bridgehead atoms. The number of piperazine rings is 1. The third-order valence-corrected chi connectivity index (χ3v) is 5.59. The summed E-state index contributed by atoms with van der Waals surface area (Å²) in [6.45, 7) is 3.17. The molecule has 136 valence electrons. The zero-order chi connectivity index (χ0) is 17.9. The maximum atomic E-state index is 13.0. The first-order valence-electron chi connectivity index (χ1n) is 9.31. The maximum absolute atomic E-state index is 13.0. The summed E-state index contributed by atoms with van der Waals surface area (Å²) in [5.41, 5.74) is 0.186. The Labute approximate surface area is 149 Å². The van der Waals surface area contributed by atoms with Crippen LogP contribution in [0, 0.1) is 0 Å². The number of benzene rings is 1. The molecule has 25 heavy (non-hydrogen) atoms. The minimum absolute atomic E-state index is 0.00135. The number of hydrogen-bond donors (Lipinski definition) is 1. The van der Waals surface area contributed by atoms with E-state index in [0.29, 0.717) is 32.5 Å². The highest BCUT2D eigenvalue weighted by Gasteiger charge is 2.37. The highest BCUT2D eigenvalue weighted by Crippen LogP contribution is 2.33. The molecular formula is C20H28N2O3. The van der Waals surface area contributed by atoms with Crippen molar-refractivity contribution in [1.29, 1.82) is 0 Å². The summed E-state index contributed by atoms with van der Waals surface area (Å²) >= 11 is 0. The fourth-order valence-corrected chi connectivity index (χ4v) is 4.10. The van der Waals surface area contributed by atoms with Crippen molar-refractivity contribution in [3.63, 3.8) is 0 Å². The van der Waals surface area contributed by atoms with Gasteiger partial charge in [-0.2, -0.15) is 0 Å². The van der Waals surface area contributed by atoms with Crippen LogP contribution in [0.5, 0.6) is 0 Å². The van der Waals surface area contributed by atoms with Crippen molar-refractivity contribution in [3.8, 4) is 0 Å². The predicted octanol–water partition coefficient (Wildman–Crippen LogP) is 2.50. The van der Waals surface area contributed by atoms with Crippen molar-refractivity contribution in [2.45, 2.75) is 57.1 Å². The number of nitrogens with zero attached hydrogens (tertiary/aromatic N) is 2. The molecule has 0 spiro atoms. The first kappa shape index (κ1) is 17.9. The molecule has 1 aromatic carbocycles. The lowest BCUT2D eigenvalue weighted by Crippen LogP contribution is -2.53. The van der Waals surface area contributed by atoms with Gasteiger partial charge < -0.3 is 14.9 Å². The van der Waals surface area contributed by atoms with Gasteiger partial charge in [0.2, 0.25) is 11.8 Å². The van der Waals surface area contributed by atoms with Gasteiger partial charge >= 0.3 is 0 Å². The van der Waals surface area contributed by atoms with Crippen molar-refractivity contribution in [2.24, 2.45) is 0 Å². The summed E-state index contributed by atoms with van der Waals surface area (Å²) in [6.07, 6.45) is 4.73. The fraction of sp³-hybridized carbons (Fsp3) is 0.600. The molecule has 1 atom stereocenters. The Morgan fingerprint density at radius 2 is 1.80 bits per heavy atom. The standard InChI is InChI=1S/C20H28N2O3/c1-16(23)21-12-13-22(18(15-21)17-8-4-2-5-9-17)19(24)14-20(25)10-6-3-7-11-20/h2,4-5,8-9,18,25H,3,6-7,10-15H2,1H3. The van der Waals surface area contributed by atoms with Gasteiger partial charge in [0.05, 0.1) is 18.1 Å². The van der Waals surface area contributed by atoms with Gasteiger partial charge in [0.15, 0.2) is 0 Å². The summed E-state index contributed by atoms with van der Waals surface area (Å²) in [5.74, 6) is 0.0420.